The molecule has 0 unspecified atom stereocenters. The first-order chi connectivity index (χ1) is 7.58. The number of pyridine rings is 1. The summed E-state index contributed by atoms with van der Waals surface area (Å²) < 4.78 is 0. The van der Waals surface area contributed by atoms with Crippen molar-refractivity contribution in [3.8, 4) is 6.07 Å². The van der Waals surface area contributed by atoms with E-state index in [1.807, 2.05) is 17.9 Å². The number of nitriles is 1. The molecule has 0 saturated carbocycles. The van der Waals surface area contributed by atoms with Gasteiger partial charge in [0.05, 0.1) is 29.3 Å². The monoisotopic (exact) mass is 237 g/mol. The number of halogens is 1. The van der Waals surface area contributed by atoms with Crippen molar-refractivity contribution >= 4 is 17.4 Å². The van der Waals surface area contributed by atoms with Gasteiger partial charge in [-0.15, -0.1) is 0 Å². The molecule has 1 aliphatic heterocycles. The lowest BCUT2D eigenvalue weighted by atomic mass is 9.91. The van der Waals surface area contributed by atoms with E-state index in [0.717, 1.165) is 6.42 Å². The summed E-state index contributed by atoms with van der Waals surface area (Å²) in [7, 11) is 0. The van der Waals surface area contributed by atoms with Crippen LogP contribution in [0.5, 0.6) is 0 Å². The van der Waals surface area contributed by atoms with Crippen molar-refractivity contribution in [2.45, 2.75) is 18.9 Å². The average molecular weight is 238 g/mol. The molecule has 5 heteroatoms. The second-order valence-electron chi connectivity index (χ2n) is 4.08. The second-order valence-corrected chi connectivity index (χ2v) is 4.48. The fraction of sp³-hybridized carbons (Fsp3) is 0.455. The Hall–Kier alpha value is -1.31. The molecule has 1 N–H and O–H groups in total. The fourth-order valence-electron chi connectivity index (χ4n) is 1.76. The Balaban J connectivity index is 2.16. The minimum absolute atomic E-state index is 0.444. The Kier molecular flexibility index (Phi) is 2.75. The van der Waals surface area contributed by atoms with Gasteiger partial charge in [0.1, 0.15) is 11.9 Å². The van der Waals surface area contributed by atoms with Gasteiger partial charge >= 0.3 is 0 Å². The zero-order chi connectivity index (χ0) is 11.8. The van der Waals surface area contributed by atoms with Gasteiger partial charge in [-0.3, -0.25) is 0 Å². The molecule has 0 spiro atoms. The zero-order valence-corrected chi connectivity index (χ0v) is 9.70. The normalized spacial score (nSPS) is 17.8. The summed E-state index contributed by atoms with van der Waals surface area (Å²) in [4.78, 5) is 6.04. The number of aliphatic hydroxyl groups is 1. The lowest BCUT2D eigenvalue weighted by Gasteiger charge is -2.47. The van der Waals surface area contributed by atoms with Crippen molar-refractivity contribution in [1.82, 2.24) is 4.98 Å². The van der Waals surface area contributed by atoms with Crippen LogP contribution in [-0.2, 0) is 0 Å². The maximum absolute atomic E-state index is 9.88. The number of aromatic nitrogens is 1. The van der Waals surface area contributed by atoms with Gasteiger partial charge in [-0.1, -0.05) is 18.5 Å². The first-order valence-corrected chi connectivity index (χ1v) is 5.49. The van der Waals surface area contributed by atoms with E-state index in [4.69, 9.17) is 16.9 Å². The minimum Gasteiger partial charge on any atom is -0.386 e. The lowest BCUT2D eigenvalue weighted by Crippen LogP contribution is -2.62. The third kappa shape index (κ3) is 1.84. The van der Waals surface area contributed by atoms with Crippen LogP contribution in [0.25, 0.3) is 0 Å². The van der Waals surface area contributed by atoms with Gasteiger partial charge in [-0.2, -0.15) is 5.26 Å². The summed E-state index contributed by atoms with van der Waals surface area (Å²) in [6.45, 7) is 3.04. The lowest BCUT2D eigenvalue weighted by molar-refractivity contribution is 0.00808. The number of nitrogens with zero attached hydrogens (tertiary/aromatic N) is 3. The van der Waals surface area contributed by atoms with E-state index in [9.17, 15) is 5.11 Å². The summed E-state index contributed by atoms with van der Waals surface area (Å²) in [5.41, 5.74) is -0.168. The highest BCUT2D eigenvalue weighted by Gasteiger charge is 2.40. The van der Waals surface area contributed by atoms with E-state index >= 15 is 0 Å². The predicted molar refractivity (Wildman–Crippen MR) is 61.4 cm³/mol. The van der Waals surface area contributed by atoms with Crippen LogP contribution >= 0.6 is 11.6 Å². The molecule has 1 saturated heterocycles. The maximum atomic E-state index is 9.88. The van der Waals surface area contributed by atoms with Gasteiger partial charge in [0.2, 0.25) is 0 Å². The van der Waals surface area contributed by atoms with Crippen LogP contribution in [0, 0.1) is 11.3 Å². The maximum Gasteiger partial charge on any atom is 0.147 e. The van der Waals surface area contributed by atoms with Crippen LogP contribution in [0.3, 0.4) is 0 Å². The molecule has 0 atom stereocenters. The third-order valence-corrected chi connectivity index (χ3v) is 3.16. The molecule has 2 heterocycles. The SMILES string of the molecule is CCC1(O)CN(c2ncc(C#N)cc2Cl)C1. The predicted octanol–water partition coefficient (Wildman–Crippen LogP) is 1.57. The number of β-amino-alcohol motifs (C(OH)–C–C–N with tert-alkyl or cyclic N) is 1. The molecule has 0 bridgehead atoms. The Labute approximate surface area is 99.1 Å². The molecule has 16 heavy (non-hydrogen) atoms. The highest BCUT2D eigenvalue weighted by molar-refractivity contribution is 6.33. The molecule has 0 aromatic carbocycles. The highest BCUT2D eigenvalue weighted by atomic mass is 35.5. The molecule has 2 rings (SSSR count). The van der Waals surface area contributed by atoms with E-state index in [-0.39, 0.29) is 0 Å². The first kappa shape index (κ1) is 11.2. The fourth-order valence-corrected chi connectivity index (χ4v) is 2.05. The Morgan fingerprint density at radius 3 is 2.88 bits per heavy atom. The minimum atomic E-state index is -0.612. The smallest absolute Gasteiger partial charge is 0.147 e. The van der Waals surface area contributed by atoms with Crippen molar-refractivity contribution in [3.05, 3.63) is 22.8 Å². The topological polar surface area (TPSA) is 60.1 Å². The van der Waals surface area contributed by atoms with Crippen LogP contribution in [0.2, 0.25) is 5.02 Å². The molecule has 4 nitrogen and oxygen atoms in total. The summed E-state index contributed by atoms with van der Waals surface area (Å²) >= 11 is 6.02. The number of hydrogen-bond donors (Lipinski definition) is 1. The first-order valence-electron chi connectivity index (χ1n) is 5.11. The zero-order valence-electron chi connectivity index (χ0n) is 8.94. The van der Waals surface area contributed by atoms with E-state index < -0.39 is 5.60 Å². The van der Waals surface area contributed by atoms with Crippen molar-refractivity contribution in [1.29, 1.82) is 5.26 Å². The number of rotatable bonds is 2. The van der Waals surface area contributed by atoms with Crippen molar-refractivity contribution in [3.63, 3.8) is 0 Å². The molecule has 0 amide bonds. The number of anilines is 1. The summed E-state index contributed by atoms with van der Waals surface area (Å²) in [5.74, 6) is 0.638. The van der Waals surface area contributed by atoms with Crippen molar-refractivity contribution in [2.75, 3.05) is 18.0 Å². The van der Waals surface area contributed by atoms with Gasteiger partial charge in [-0.05, 0) is 12.5 Å². The molecule has 0 aliphatic carbocycles. The quantitative estimate of drug-likeness (QED) is 0.848. The van der Waals surface area contributed by atoms with E-state index in [0.29, 0.717) is 29.5 Å². The van der Waals surface area contributed by atoms with E-state index in [2.05, 4.69) is 4.98 Å². The molecule has 0 radical (unpaired) electrons. The van der Waals surface area contributed by atoms with Gasteiger partial charge in [0.15, 0.2) is 0 Å². The molecular weight excluding hydrogens is 226 g/mol. The second kappa shape index (κ2) is 3.93. The molecule has 1 aromatic rings. The Morgan fingerprint density at radius 1 is 1.69 bits per heavy atom. The molecule has 1 aromatic heterocycles. The van der Waals surface area contributed by atoms with Crippen LogP contribution in [-0.4, -0.2) is 28.8 Å². The Morgan fingerprint density at radius 2 is 2.38 bits per heavy atom. The third-order valence-electron chi connectivity index (χ3n) is 2.88. The highest BCUT2D eigenvalue weighted by Crippen LogP contribution is 2.33. The Bertz CT molecular complexity index is 449. The average Bonchev–Trinajstić information content (AvgIpc) is 2.25. The standard InChI is InChI=1S/C11H12ClN3O/c1-2-11(16)6-15(7-11)10-9(12)3-8(4-13)5-14-10/h3,5,16H,2,6-7H2,1H3. The molecular formula is C11H12ClN3O. The molecule has 84 valence electrons. The summed E-state index contributed by atoms with van der Waals surface area (Å²) in [6, 6.07) is 3.57. The number of hydrogen-bond acceptors (Lipinski definition) is 4. The van der Waals surface area contributed by atoms with Gasteiger partial charge in [0.25, 0.3) is 0 Å². The summed E-state index contributed by atoms with van der Waals surface area (Å²) in [5, 5.41) is 19.0. The van der Waals surface area contributed by atoms with Crippen molar-refractivity contribution in [2.24, 2.45) is 0 Å². The van der Waals surface area contributed by atoms with Crippen LogP contribution < -0.4 is 4.90 Å². The summed E-state index contributed by atoms with van der Waals surface area (Å²) in [6.07, 6.45) is 2.21. The van der Waals surface area contributed by atoms with E-state index in [1.165, 1.54) is 6.20 Å². The van der Waals surface area contributed by atoms with Gasteiger partial charge in [-0.25, -0.2) is 4.98 Å². The molecule has 1 aliphatic rings. The van der Waals surface area contributed by atoms with Crippen LogP contribution in [0.1, 0.15) is 18.9 Å². The van der Waals surface area contributed by atoms with Crippen LogP contribution in [0.15, 0.2) is 12.3 Å². The van der Waals surface area contributed by atoms with Crippen molar-refractivity contribution < 1.29 is 5.11 Å². The molecule has 1 fully saturated rings. The largest absolute Gasteiger partial charge is 0.386 e. The van der Waals surface area contributed by atoms with Gasteiger partial charge < -0.3 is 10.0 Å². The van der Waals surface area contributed by atoms with E-state index in [1.54, 1.807) is 6.07 Å². The van der Waals surface area contributed by atoms with Crippen LogP contribution in [0.4, 0.5) is 5.82 Å². The van der Waals surface area contributed by atoms with Gasteiger partial charge in [0, 0.05) is 6.20 Å².